The fraction of sp³-hybridized carbons (Fsp3) is 0.308. The number of oxime groups is 1. The molecule has 0 amide bonds. The molecule has 112 valence electrons. The van der Waals surface area contributed by atoms with E-state index in [2.05, 4.69) is 15.4 Å². The van der Waals surface area contributed by atoms with E-state index in [9.17, 15) is 4.79 Å². The van der Waals surface area contributed by atoms with Crippen LogP contribution in [0.25, 0.3) is 0 Å². The predicted octanol–water partition coefficient (Wildman–Crippen LogP) is 1.37. The van der Waals surface area contributed by atoms with Gasteiger partial charge in [-0.15, -0.1) is 5.10 Å². The fourth-order valence-electron chi connectivity index (χ4n) is 1.81. The van der Waals surface area contributed by atoms with E-state index in [1.54, 1.807) is 16.7 Å². The Morgan fingerprint density at radius 2 is 2.19 bits per heavy atom. The summed E-state index contributed by atoms with van der Waals surface area (Å²) in [5.74, 6) is 0.767. The molecular formula is C13H17N5O2S. The Bertz CT molecular complexity index is 675. The Morgan fingerprint density at radius 3 is 2.81 bits per heavy atom. The molecule has 0 unspecified atom stereocenters. The van der Waals surface area contributed by atoms with Crippen LogP contribution < -0.4 is 11.4 Å². The summed E-state index contributed by atoms with van der Waals surface area (Å²) in [6, 6.07) is 7.37. The Balaban J connectivity index is 2.05. The molecule has 21 heavy (non-hydrogen) atoms. The summed E-state index contributed by atoms with van der Waals surface area (Å²) in [5, 5.41) is 18.7. The first-order valence-electron chi connectivity index (χ1n) is 6.50. The molecule has 0 bridgehead atoms. The summed E-state index contributed by atoms with van der Waals surface area (Å²) < 4.78 is 1.63. The highest BCUT2D eigenvalue weighted by Gasteiger charge is 2.08. The number of amidine groups is 1. The molecular weight excluding hydrogens is 290 g/mol. The highest BCUT2D eigenvalue weighted by Crippen LogP contribution is 2.20. The molecule has 8 heteroatoms. The standard InChI is InChI=1S/C13H17N5O2S/c1-2-7-18-12(19)15-16-13(18)21-8-9-3-5-10(6-4-9)11(14)17-20/h3-6,20H,2,7-8H2,1H3,(H2,14,17)(H,15,19). The van der Waals surface area contributed by atoms with Crippen LogP contribution in [0.1, 0.15) is 24.5 Å². The van der Waals surface area contributed by atoms with Crippen molar-refractivity contribution < 1.29 is 5.21 Å². The maximum atomic E-state index is 11.6. The lowest BCUT2D eigenvalue weighted by atomic mass is 10.1. The van der Waals surface area contributed by atoms with Gasteiger partial charge in [0, 0.05) is 17.9 Å². The number of aromatic nitrogens is 3. The predicted molar refractivity (Wildman–Crippen MR) is 81.7 cm³/mol. The number of hydrogen-bond donors (Lipinski definition) is 3. The number of nitrogens with zero attached hydrogens (tertiary/aromatic N) is 3. The minimum atomic E-state index is -0.179. The van der Waals surface area contributed by atoms with Gasteiger partial charge in [-0.1, -0.05) is 48.1 Å². The van der Waals surface area contributed by atoms with Crippen LogP contribution >= 0.6 is 11.8 Å². The van der Waals surface area contributed by atoms with Gasteiger partial charge in [0.25, 0.3) is 0 Å². The quantitative estimate of drug-likeness (QED) is 0.245. The lowest BCUT2D eigenvalue weighted by Crippen LogP contribution is -2.17. The van der Waals surface area contributed by atoms with Crippen molar-refractivity contribution in [3.05, 3.63) is 45.9 Å². The SMILES string of the molecule is CCCn1c(SCc2ccc(C(N)=NO)cc2)n[nH]c1=O. The van der Waals surface area contributed by atoms with Crippen molar-refractivity contribution in [3.8, 4) is 0 Å². The van der Waals surface area contributed by atoms with Crippen molar-refractivity contribution in [2.24, 2.45) is 10.9 Å². The number of hydrogen-bond acceptors (Lipinski definition) is 5. The monoisotopic (exact) mass is 307 g/mol. The number of benzene rings is 1. The maximum absolute atomic E-state index is 11.6. The molecule has 4 N–H and O–H groups in total. The summed E-state index contributed by atoms with van der Waals surface area (Å²) in [5.41, 5.74) is 7.05. The summed E-state index contributed by atoms with van der Waals surface area (Å²) in [6.07, 6.45) is 0.876. The molecule has 7 nitrogen and oxygen atoms in total. The molecule has 0 aliphatic carbocycles. The number of nitrogens with one attached hydrogen (secondary N) is 1. The van der Waals surface area contributed by atoms with Crippen LogP contribution in [0.5, 0.6) is 0 Å². The van der Waals surface area contributed by atoms with E-state index < -0.39 is 0 Å². The van der Waals surface area contributed by atoms with Gasteiger partial charge in [-0.05, 0) is 12.0 Å². The van der Waals surface area contributed by atoms with E-state index in [4.69, 9.17) is 10.9 Å². The molecule has 2 aromatic rings. The Kier molecular flexibility index (Phi) is 5.04. The zero-order valence-electron chi connectivity index (χ0n) is 11.6. The van der Waals surface area contributed by atoms with Crippen LogP contribution in [0.15, 0.2) is 39.4 Å². The lowest BCUT2D eigenvalue weighted by Gasteiger charge is -2.04. The molecule has 0 saturated heterocycles. The number of thioether (sulfide) groups is 1. The van der Waals surface area contributed by atoms with E-state index in [0.717, 1.165) is 12.0 Å². The fourth-order valence-corrected chi connectivity index (χ4v) is 2.74. The van der Waals surface area contributed by atoms with Crippen LogP contribution in [-0.4, -0.2) is 25.8 Å². The number of aromatic amines is 1. The van der Waals surface area contributed by atoms with Gasteiger partial charge in [-0.2, -0.15) is 0 Å². The number of rotatable bonds is 6. The number of H-pyrrole nitrogens is 1. The Hall–Kier alpha value is -2.22. The van der Waals surface area contributed by atoms with Gasteiger partial charge in [0.1, 0.15) is 0 Å². The topological polar surface area (TPSA) is 109 Å². The second-order valence-corrected chi connectivity index (χ2v) is 5.38. The summed E-state index contributed by atoms with van der Waals surface area (Å²) >= 11 is 1.49. The van der Waals surface area contributed by atoms with Crippen molar-refractivity contribution in [2.75, 3.05) is 0 Å². The average Bonchev–Trinajstić information content (AvgIpc) is 2.86. The minimum Gasteiger partial charge on any atom is -0.409 e. The maximum Gasteiger partial charge on any atom is 0.343 e. The van der Waals surface area contributed by atoms with Gasteiger partial charge in [0.15, 0.2) is 11.0 Å². The van der Waals surface area contributed by atoms with Crippen molar-refractivity contribution in [3.63, 3.8) is 0 Å². The van der Waals surface area contributed by atoms with Crippen LogP contribution in [-0.2, 0) is 12.3 Å². The molecule has 0 fully saturated rings. The van der Waals surface area contributed by atoms with Gasteiger partial charge in [0.2, 0.25) is 0 Å². The van der Waals surface area contributed by atoms with E-state index in [1.807, 2.05) is 19.1 Å². The molecule has 2 rings (SSSR count). The van der Waals surface area contributed by atoms with Crippen molar-refractivity contribution in [1.82, 2.24) is 14.8 Å². The molecule has 1 aromatic heterocycles. The molecule has 0 atom stereocenters. The summed E-state index contributed by atoms with van der Waals surface area (Å²) in [4.78, 5) is 11.6. The average molecular weight is 307 g/mol. The summed E-state index contributed by atoms with van der Waals surface area (Å²) in [6.45, 7) is 2.67. The highest BCUT2D eigenvalue weighted by atomic mass is 32.2. The van der Waals surface area contributed by atoms with Gasteiger partial charge in [-0.25, -0.2) is 9.89 Å². The Labute approximate surface area is 125 Å². The normalized spacial score (nSPS) is 11.8. The first-order chi connectivity index (χ1) is 10.2. The van der Waals surface area contributed by atoms with E-state index in [1.165, 1.54) is 11.8 Å². The third-order valence-corrected chi connectivity index (χ3v) is 3.94. The molecule has 0 radical (unpaired) electrons. The molecule has 1 heterocycles. The largest absolute Gasteiger partial charge is 0.409 e. The van der Waals surface area contributed by atoms with E-state index in [0.29, 0.717) is 23.0 Å². The second-order valence-electron chi connectivity index (χ2n) is 4.43. The minimum absolute atomic E-state index is 0.0817. The zero-order chi connectivity index (χ0) is 15.2. The van der Waals surface area contributed by atoms with Crippen LogP contribution in [0, 0.1) is 0 Å². The molecule has 0 spiro atoms. The third kappa shape index (κ3) is 3.66. The van der Waals surface area contributed by atoms with Gasteiger partial charge in [0.05, 0.1) is 0 Å². The summed E-state index contributed by atoms with van der Waals surface area (Å²) in [7, 11) is 0. The van der Waals surface area contributed by atoms with Gasteiger partial charge in [-0.3, -0.25) is 4.57 Å². The second kappa shape index (κ2) is 6.98. The molecule has 1 aromatic carbocycles. The lowest BCUT2D eigenvalue weighted by molar-refractivity contribution is 0.318. The highest BCUT2D eigenvalue weighted by molar-refractivity contribution is 7.98. The molecule has 0 aliphatic rings. The van der Waals surface area contributed by atoms with E-state index in [-0.39, 0.29) is 11.5 Å². The van der Waals surface area contributed by atoms with Crippen LogP contribution in [0.4, 0.5) is 0 Å². The van der Waals surface area contributed by atoms with Gasteiger partial charge < -0.3 is 10.9 Å². The first kappa shape index (κ1) is 15.2. The van der Waals surface area contributed by atoms with Gasteiger partial charge >= 0.3 is 5.69 Å². The number of nitrogens with two attached hydrogens (primary N) is 1. The van der Waals surface area contributed by atoms with Crippen molar-refractivity contribution in [2.45, 2.75) is 30.8 Å². The smallest absolute Gasteiger partial charge is 0.343 e. The van der Waals surface area contributed by atoms with Crippen molar-refractivity contribution >= 4 is 17.6 Å². The Morgan fingerprint density at radius 1 is 1.48 bits per heavy atom. The van der Waals surface area contributed by atoms with Crippen LogP contribution in [0.3, 0.4) is 0 Å². The third-order valence-electron chi connectivity index (χ3n) is 2.90. The molecule has 0 saturated carbocycles. The molecule has 0 aliphatic heterocycles. The zero-order valence-corrected chi connectivity index (χ0v) is 12.4. The van der Waals surface area contributed by atoms with Crippen LogP contribution in [0.2, 0.25) is 0 Å². The van der Waals surface area contributed by atoms with E-state index >= 15 is 0 Å². The van der Waals surface area contributed by atoms with Crippen molar-refractivity contribution in [1.29, 1.82) is 0 Å². The first-order valence-corrected chi connectivity index (χ1v) is 7.49.